The van der Waals surface area contributed by atoms with Crippen molar-refractivity contribution in [1.82, 2.24) is 0 Å². The zero-order chi connectivity index (χ0) is 12.1. The van der Waals surface area contributed by atoms with Crippen LogP contribution in [0.15, 0.2) is 36.4 Å². The molecular weight excluding hydrogens is 194 g/mol. The molecule has 0 radical (unpaired) electrons. The maximum absolute atomic E-state index is 6.13. The maximum Gasteiger partial charge on any atom is 0.0297 e. The molecule has 0 saturated carbocycles. The Morgan fingerprint density at radius 2 is 1.69 bits per heavy atom. The Kier molecular flexibility index (Phi) is 4.75. The van der Waals surface area contributed by atoms with Crippen LogP contribution in [0.1, 0.15) is 56.7 Å². The zero-order valence-electron chi connectivity index (χ0n) is 10.7. The Balaban J connectivity index is 2.62. The second kappa shape index (κ2) is 5.86. The molecule has 0 saturated heterocycles. The van der Waals surface area contributed by atoms with Crippen molar-refractivity contribution in [2.75, 3.05) is 0 Å². The molecule has 16 heavy (non-hydrogen) atoms. The maximum atomic E-state index is 6.13. The third-order valence-corrected chi connectivity index (χ3v) is 2.91. The molecule has 1 rings (SSSR count). The number of benzene rings is 1. The van der Waals surface area contributed by atoms with Gasteiger partial charge in [0, 0.05) is 6.04 Å². The molecule has 0 spiro atoms. The van der Waals surface area contributed by atoms with Crippen LogP contribution in [0.3, 0.4) is 0 Å². The van der Waals surface area contributed by atoms with Gasteiger partial charge in [0.2, 0.25) is 0 Å². The van der Waals surface area contributed by atoms with Gasteiger partial charge >= 0.3 is 0 Å². The standard InChI is InChI=1S/C15H23N/c1-11(2)5-10-15(16)14-8-6-13(7-9-14)12(3)4/h6-9,12,15H,1,5,10,16H2,2-4H3. The first-order valence-electron chi connectivity index (χ1n) is 6.00. The molecule has 0 aliphatic carbocycles. The van der Waals surface area contributed by atoms with Crippen molar-refractivity contribution in [2.24, 2.45) is 5.73 Å². The molecule has 1 unspecified atom stereocenters. The molecule has 88 valence electrons. The smallest absolute Gasteiger partial charge is 0.0297 e. The fraction of sp³-hybridized carbons (Fsp3) is 0.467. The van der Waals surface area contributed by atoms with Crippen LogP contribution in [0.4, 0.5) is 0 Å². The van der Waals surface area contributed by atoms with E-state index in [1.54, 1.807) is 0 Å². The quantitative estimate of drug-likeness (QED) is 0.736. The summed E-state index contributed by atoms with van der Waals surface area (Å²) >= 11 is 0. The van der Waals surface area contributed by atoms with E-state index in [0.717, 1.165) is 12.8 Å². The van der Waals surface area contributed by atoms with Crippen LogP contribution in [-0.2, 0) is 0 Å². The lowest BCUT2D eigenvalue weighted by Crippen LogP contribution is -2.10. The summed E-state index contributed by atoms with van der Waals surface area (Å²) in [6.07, 6.45) is 1.99. The predicted octanol–water partition coefficient (Wildman–Crippen LogP) is 4.17. The van der Waals surface area contributed by atoms with Crippen molar-refractivity contribution >= 4 is 0 Å². The molecule has 0 aliphatic rings. The van der Waals surface area contributed by atoms with E-state index < -0.39 is 0 Å². The van der Waals surface area contributed by atoms with Gasteiger partial charge in [-0.05, 0) is 36.8 Å². The van der Waals surface area contributed by atoms with Gasteiger partial charge in [0.05, 0.1) is 0 Å². The molecule has 2 N–H and O–H groups in total. The minimum absolute atomic E-state index is 0.137. The highest BCUT2D eigenvalue weighted by atomic mass is 14.6. The Bertz CT molecular complexity index is 335. The van der Waals surface area contributed by atoms with Gasteiger partial charge in [0.1, 0.15) is 0 Å². The van der Waals surface area contributed by atoms with Crippen LogP contribution < -0.4 is 5.73 Å². The average molecular weight is 217 g/mol. The highest BCUT2D eigenvalue weighted by Gasteiger charge is 2.06. The Morgan fingerprint density at radius 3 is 2.12 bits per heavy atom. The Labute approximate surface area is 99.4 Å². The van der Waals surface area contributed by atoms with E-state index in [4.69, 9.17) is 5.73 Å². The number of nitrogens with two attached hydrogens (primary N) is 1. The van der Waals surface area contributed by atoms with E-state index in [-0.39, 0.29) is 6.04 Å². The van der Waals surface area contributed by atoms with E-state index in [1.165, 1.54) is 16.7 Å². The minimum Gasteiger partial charge on any atom is -0.324 e. The molecule has 0 aliphatic heterocycles. The molecule has 0 heterocycles. The lowest BCUT2D eigenvalue weighted by molar-refractivity contribution is 0.648. The lowest BCUT2D eigenvalue weighted by Gasteiger charge is -2.13. The number of rotatable bonds is 5. The summed E-state index contributed by atoms with van der Waals surface area (Å²) in [7, 11) is 0. The van der Waals surface area contributed by atoms with Crippen molar-refractivity contribution in [1.29, 1.82) is 0 Å². The molecule has 1 aromatic carbocycles. The second-order valence-electron chi connectivity index (χ2n) is 4.92. The normalized spacial score (nSPS) is 12.8. The first kappa shape index (κ1) is 13.0. The summed E-state index contributed by atoms with van der Waals surface area (Å²) < 4.78 is 0. The van der Waals surface area contributed by atoms with E-state index in [1.807, 2.05) is 0 Å². The van der Waals surface area contributed by atoms with E-state index >= 15 is 0 Å². The fourth-order valence-electron chi connectivity index (χ4n) is 1.70. The van der Waals surface area contributed by atoms with Crippen LogP contribution in [0.2, 0.25) is 0 Å². The van der Waals surface area contributed by atoms with Crippen molar-refractivity contribution in [2.45, 2.75) is 45.6 Å². The summed E-state index contributed by atoms with van der Waals surface area (Å²) in [5.41, 5.74) is 9.93. The number of hydrogen-bond acceptors (Lipinski definition) is 1. The molecule has 0 aromatic heterocycles. The van der Waals surface area contributed by atoms with Crippen molar-refractivity contribution < 1.29 is 0 Å². The third-order valence-electron chi connectivity index (χ3n) is 2.91. The van der Waals surface area contributed by atoms with Gasteiger partial charge in [0.25, 0.3) is 0 Å². The van der Waals surface area contributed by atoms with Crippen LogP contribution in [0.5, 0.6) is 0 Å². The summed E-state index contributed by atoms with van der Waals surface area (Å²) in [6, 6.07) is 8.80. The second-order valence-corrected chi connectivity index (χ2v) is 4.92. The van der Waals surface area contributed by atoms with E-state index in [2.05, 4.69) is 51.6 Å². The summed E-state index contributed by atoms with van der Waals surface area (Å²) in [5.74, 6) is 0.584. The van der Waals surface area contributed by atoms with Gasteiger partial charge in [-0.2, -0.15) is 0 Å². The number of hydrogen-bond donors (Lipinski definition) is 1. The van der Waals surface area contributed by atoms with Crippen LogP contribution >= 0.6 is 0 Å². The molecule has 0 amide bonds. The van der Waals surface area contributed by atoms with Gasteiger partial charge in [-0.25, -0.2) is 0 Å². The van der Waals surface area contributed by atoms with Crippen LogP contribution in [0.25, 0.3) is 0 Å². The van der Waals surface area contributed by atoms with Crippen molar-refractivity contribution in [3.63, 3.8) is 0 Å². The van der Waals surface area contributed by atoms with E-state index in [9.17, 15) is 0 Å². The topological polar surface area (TPSA) is 26.0 Å². The summed E-state index contributed by atoms with van der Waals surface area (Å²) in [4.78, 5) is 0. The summed E-state index contributed by atoms with van der Waals surface area (Å²) in [5, 5.41) is 0. The largest absolute Gasteiger partial charge is 0.324 e. The molecule has 0 bridgehead atoms. The highest BCUT2D eigenvalue weighted by molar-refractivity contribution is 5.26. The SMILES string of the molecule is C=C(C)CCC(N)c1ccc(C(C)C)cc1. The van der Waals surface area contributed by atoms with Gasteiger partial charge in [0.15, 0.2) is 0 Å². The highest BCUT2D eigenvalue weighted by Crippen LogP contribution is 2.21. The monoisotopic (exact) mass is 217 g/mol. The molecule has 1 nitrogen and oxygen atoms in total. The van der Waals surface area contributed by atoms with Gasteiger partial charge in [-0.1, -0.05) is 43.7 Å². The zero-order valence-corrected chi connectivity index (χ0v) is 10.7. The fourth-order valence-corrected chi connectivity index (χ4v) is 1.70. The molecule has 1 aromatic rings. The molecule has 0 fully saturated rings. The van der Waals surface area contributed by atoms with Gasteiger partial charge in [-0.3, -0.25) is 0 Å². The molecule has 1 atom stereocenters. The Hall–Kier alpha value is -1.08. The predicted molar refractivity (Wildman–Crippen MR) is 71.5 cm³/mol. The van der Waals surface area contributed by atoms with Crippen LogP contribution in [-0.4, -0.2) is 0 Å². The van der Waals surface area contributed by atoms with Gasteiger partial charge < -0.3 is 5.73 Å². The lowest BCUT2D eigenvalue weighted by atomic mass is 9.97. The summed E-state index contributed by atoms with van der Waals surface area (Å²) in [6.45, 7) is 10.4. The van der Waals surface area contributed by atoms with E-state index in [0.29, 0.717) is 5.92 Å². The minimum atomic E-state index is 0.137. The molecule has 1 heteroatoms. The first-order valence-corrected chi connectivity index (χ1v) is 6.00. The van der Waals surface area contributed by atoms with Crippen molar-refractivity contribution in [3.8, 4) is 0 Å². The number of allylic oxidation sites excluding steroid dienone is 1. The van der Waals surface area contributed by atoms with Crippen molar-refractivity contribution in [3.05, 3.63) is 47.5 Å². The van der Waals surface area contributed by atoms with Crippen LogP contribution in [0, 0.1) is 0 Å². The molecular formula is C15H23N. The average Bonchev–Trinajstić information content (AvgIpc) is 2.26. The van der Waals surface area contributed by atoms with Gasteiger partial charge in [-0.15, -0.1) is 6.58 Å². The first-order chi connectivity index (χ1) is 7.50. The third kappa shape index (κ3) is 3.82. The Morgan fingerprint density at radius 1 is 1.19 bits per heavy atom.